The Morgan fingerprint density at radius 1 is 0.766 bits per heavy atom. The predicted molar refractivity (Wildman–Crippen MR) is 179 cm³/mol. The number of nitrogens with zero attached hydrogens (tertiary/aromatic N) is 2. The fourth-order valence-electron chi connectivity index (χ4n) is 7.40. The van der Waals surface area contributed by atoms with Gasteiger partial charge in [-0.05, 0) is 46.9 Å². The van der Waals surface area contributed by atoms with E-state index in [1.807, 2.05) is 85.3 Å². The van der Waals surface area contributed by atoms with Crippen molar-refractivity contribution in [2.45, 2.75) is 59.7 Å². The van der Waals surface area contributed by atoms with Gasteiger partial charge in [0.15, 0.2) is 9.74 Å². The molecular weight excluding hydrogens is 637 g/mol. The third-order valence-electron chi connectivity index (χ3n) is 9.48. The zero-order valence-corrected chi connectivity index (χ0v) is 27.6. The summed E-state index contributed by atoms with van der Waals surface area (Å²) in [5.74, 6) is -1.37. The van der Waals surface area contributed by atoms with Gasteiger partial charge in [-0.25, -0.2) is 0 Å². The van der Waals surface area contributed by atoms with Crippen LogP contribution in [-0.2, 0) is 46.2 Å². The number of fused-ring (bicyclic) bond motifs is 6. The summed E-state index contributed by atoms with van der Waals surface area (Å²) in [6.45, 7) is 0. The smallest absolute Gasteiger partial charge is 0.310 e. The van der Waals surface area contributed by atoms with Gasteiger partial charge in [-0.15, -0.1) is 23.5 Å². The molecule has 3 saturated heterocycles. The van der Waals surface area contributed by atoms with E-state index in [0.717, 1.165) is 16.7 Å². The second kappa shape index (κ2) is 12.4. The number of thioether (sulfide) groups is 2. The first-order chi connectivity index (χ1) is 22.8. The zero-order chi connectivity index (χ0) is 32.8. The van der Waals surface area contributed by atoms with E-state index in [9.17, 15) is 9.59 Å². The van der Waals surface area contributed by atoms with Crippen molar-refractivity contribution in [3.8, 4) is 0 Å². The monoisotopic (exact) mass is 670 g/mol. The van der Waals surface area contributed by atoms with Crippen LogP contribution >= 0.6 is 23.5 Å². The molecule has 3 fully saturated rings. The number of rotatable bonds is 8. The Morgan fingerprint density at radius 3 is 1.79 bits per heavy atom. The maximum Gasteiger partial charge on any atom is 0.310 e. The Bertz CT molecular complexity index is 1720. The first-order valence-electron chi connectivity index (χ1n) is 15.4. The van der Waals surface area contributed by atoms with Crippen LogP contribution in [0.4, 0.5) is 0 Å². The predicted octanol–water partition coefficient (Wildman–Crippen LogP) is 4.55. The summed E-state index contributed by atoms with van der Waals surface area (Å²) < 4.78 is 17.7. The van der Waals surface area contributed by atoms with Gasteiger partial charge in [-0.3, -0.25) is 19.2 Å². The minimum atomic E-state index is -1.32. The van der Waals surface area contributed by atoms with E-state index < -0.39 is 46.0 Å². The van der Waals surface area contributed by atoms with Crippen LogP contribution in [0, 0.1) is 0 Å². The Labute approximate surface area is 281 Å². The molecule has 4 aliphatic heterocycles. The molecule has 5 aliphatic rings. The van der Waals surface area contributed by atoms with E-state index in [1.165, 1.54) is 29.8 Å². The van der Waals surface area contributed by atoms with Gasteiger partial charge in [-0.1, -0.05) is 72.8 Å². The molecule has 0 aromatic heterocycles. The van der Waals surface area contributed by atoms with E-state index in [4.69, 9.17) is 14.2 Å². The molecule has 7 rings (SSSR count). The Morgan fingerprint density at radius 2 is 1.26 bits per heavy atom. The van der Waals surface area contributed by atoms with E-state index in [0.29, 0.717) is 5.57 Å². The summed E-state index contributed by atoms with van der Waals surface area (Å²) in [4.78, 5) is 57.1. The second-order valence-electron chi connectivity index (χ2n) is 12.1. The number of amides is 2. The lowest BCUT2D eigenvalue weighted by Gasteiger charge is -2.54. The average Bonchev–Trinajstić information content (AvgIpc) is 3.55. The van der Waals surface area contributed by atoms with E-state index in [1.54, 1.807) is 28.2 Å². The third-order valence-corrected chi connectivity index (χ3v) is 11.9. The number of carbonyl (C=O) groups excluding carboxylic acids is 4. The highest BCUT2D eigenvalue weighted by Crippen LogP contribution is 2.59. The van der Waals surface area contributed by atoms with E-state index in [-0.39, 0.29) is 37.5 Å². The average molecular weight is 671 g/mol. The number of carbonyl (C=O) groups is 4. The van der Waals surface area contributed by atoms with Crippen molar-refractivity contribution >= 4 is 47.3 Å². The van der Waals surface area contributed by atoms with Crippen molar-refractivity contribution in [3.05, 3.63) is 120 Å². The van der Waals surface area contributed by atoms with Crippen molar-refractivity contribution in [1.29, 1.82) is 0 Å². The Hall–Kier alpha value is -4.22. The molecule has 242 valence electrons. The first kappa shape index (κ1) is 31.4. The van der Waals surface area contributed by atoms with Gasteiger partial charge in [0.2, 0.25) is 0 Å². The summed E-state index contributed by atoms with van der Waals surface area (Å²) in [5.41, 5.74) is 3.17. The number of allylic oxidation sites excluding steroid dienone is 2. The molecular formula is C36H34N2O7S2. The topological polar surface area (TPSA) is 102 Å². The van der Waals surface area contributed by atoms with Gasteiger partial charge in [-0.2, -0.15) is 0 Å². The summed E-state index contributed by atoms with van der Waals surface area (Å²) >= 11 is 2.59. The molecule has 2 aromatic rings. The van der Waals surface area contributed by atoms with Gasteiger partial charge >= 0.3 is 11.9 Å². The molecule has 4 heterocycles. The largest absolute Gasteiger partial charge is 0.473 e. The van der Waals surface area contributed by atoms with Crippen LogP contribution in [0.1, 0.15) is 24.0 Å². The van der Waals surface area contributed by atoms with E-state index in [2.05, 4.69) is 0 Å². The van der Waals surface area contributed by atoms with Crippen molar-refractivity contribution in [2.75, 3.05) is 12.5 Å². The molecule has 0 radical (unpaired) electrons. The van der Waals surface area contributed by atoms with Crippen LogP contribution in [0.3, 0.4) is 0 Å². The van der Waals surface area contributed by atoms with Crippen molar-refractivity contribution in [1.82, 2.24) is 9.80 Å². The minimum absolute atomic E-state index is 0.0636. The van der Waals surface area contributed by atoms with Crippen LogP contribution < -0.4 is 0 Å². The molecule has 0 unspecified atom stereocenters. The van der Waals surface area contributed by atoms with Crippen LogP contribution in [0.5, 0.6) is 0 Å². The maximum atomic E-state index is 15.1. The van der Waals surface area contributed by atoms with Crippen LogP contribution in [-0.4, -0.2) is 80.1 Å². The molecule has 0 spiro atoms. The Kier molecular flexibility index (Phi) is 8.30. The molecule has 2 amide bonds. The summed E-state index contributed by atoms with van der Waals surface area (Å²) in [6.07, 6.45) is 12.8. The number of esters is 2. The fraction of sp³-hybridized carbons (Fsp3) is 0.333. The quantitative estimate of drug-likeness (QED) is 0.375. The van der Waals surface area contributed by atoms with Gasteiger partial charge in [0.25, 0.3) is 11.8 Å². The molecule has 2 aromatic carbocycles. The highest BCUT2D eigenvalue weighted by Gasteiger charge is 2.73. The van der Waals surface area contributed by atoms with Crippen molar-refractivity contribution in [2.24, 2.45) is 0 Å². The first-order valence-corrected chi connectivity index (χ1v) is 17.9. The van der Waals surface area contributed by atoms with Gasteiger partial charge in [0.05, 0.1) is 37.4 Å². The molecule has 1 aliphatic carbocycles. The minimum Gasteiger partial charge on any atom is -0.473 e. The third kappa shape index (κ3) is 5.20. The lowest BCUT2D eigenvalue weighted by atomic mass is 9.96. The highest BCUT2D eigenvalue weighted by molar-refractivity contribution is 8.01. The summed E-state index contributed by atoms with van der Waals surface area (Å²) in [6, 6.07) is 17.3. The fourth-order valence-corrected chi connectivity index (χ4v) is 9.35. The number of hydrogen-bond donors (Lipinski definition) is 0. The van der Waals surface area contributed by atoms with Crippen molar-refractivity contribution < 1.29 is 33.4 Å². The van der Waals surface area contributed by atoms with Gasteiger partial charge < -0.3 is 24.0 Å². The number of benzene rings is 2. The normalized spacial score (nSPS) is 30.3. The van der Waals surface area contributed by atoms with Crippen molar-refractivity contribution in [3.63, 3.8) is 0 Å². The molecule has 0 N–H and O–H groups in total. The standard InChI is InChI=1S/C36H34N2O7S2/c1-46-35-20-25-14-9-15-27(44-29(39)18-23-10-5-3-6-11-23)31(25)37(35)34(42)36(47-2)21-26-22-43-17-16-28(32(26)38(36)33(35)41)45-30(40)19-24-12-7-4-8-13-24/h3-17,22,27-28,31-32H,18-21H2,1-2H3/t27-,28-,31-,32-,35+,36+/m0/s1. The number of ether oxygens (including phenoxy) is 3. The SMILES string of the molecule is CS[C@@]12CC3=CC=C[C@H](OC(=O)Cc4ccccc4)[C@H]3N1C(=O)[C@]1(SC)CC3=COC=C[C@H](OC(=O)Cc4ccccc4)[C@H]3N1C2=O. The summed E-state index contributed by atoms with van der Waals surface area (Å²) in [7, 11) is 0. The van der Waals surface area contributed by atoms with Gasteiger partial charge in [0, 0.05) is 12.8 Å². The molecule has 9 nitrogen and oxygen atoms in total. The van der Waals surface area contributed by atoms with Crippen LogP contribution in [0.15, 0.2) is 109 Å². The molecule has 0 bridgehead atoms. The van der Waals surface area contributed by atoms with Crippen LogP contribution in [0.25, 0.3) is 0 Å². The maximum absolute atomic E-state index is 15.1. The highest BCUT2D eigenvalue weighted by atomic mass is 32.2. The molecule has 0 saturated carbocycles. The molecule has 47 heavy (non-hydrogen) atoms. The Balaban J connectivity index is 1.21. The number of hydrogen-bond acceptors (Lipinski definition) is 9. The summed E-state index contributed by atoms with van der Waals surface area (Å²) in [5, 5.41) is 0. The van der Waals surface area contributed by atoms with Gasteiger partial charge in [0.1, 0.15) is 12.2 Å². The zero-order valence-electron chi connectivity index (χ0n) is 25.9. The van der Waals surface area contributed by atoms with Crippen LogP contribution in [0.2, 0.25) is 0 Å². The van der Waals surface area contributed by atoms with E-state index >= 15 is 9.59 Å². The molecule has 11 heteroatoms. The molecule has 6 atom stereocenters. The second-order valence-corrected chi connectivity index (χ2v) is 14.3. The number of piperazine rings is 1. The lowest BCUT2D eigenvalue weighted by molar-refractivity contribution is -0.171. The lowest BCUT2D eigenvalue weighted by Crippen LogP contribution is -2.74.